The van der Waals surface area contributed by atoms with Gasteiger partial charge in [0.1, 0.15) is 5.82 Å². The van der Waals surface area contributed by atoms with Crippen molar-refractivity contribution in [2.45, 2.75) is 13.5 Å². The molecule has 0 aliphatic rings. The van der Waals surface area contributed by atoms with E-state index in [9.17, 15) is 4.39 Å². The first-order valence-electron chi connectivity index (χ1n) is 6.14. The third-order valence-corrected chi connectivity index (χ3v) is 3.28. The van der Waals surface area contributed by atoms with E-state index in [2.05, 4.69) is 11.8 Å². The van der Waals surface area contributed by atoms with Crippen LogP contribution in [-0.4, -0.2) is 6.54 Å². The Morgan fingerprint density at radius 2 is 1.84 bits per heavy atom. The van der Waals surface area contributed by atoms with Gasteiger partial charge in [-0.3, -0.25) is 0 Å². The van der Waals surface area contributed by atoms with Gasteiger partial charge in [-0.25, -0.2) is 4.39 Å². The maximum absolute atomic E-state index is 12.9. The second-order valence-corrected chi connectivity index (χ2v) is 4.77. The Hall–Kier alpha value is -1.74. The number of nitrogen functional groups attached to an aromatic ring is 1. The molecule has 19 heavy (non-hydrogen) atoms. The van der Waals surface area contributed by atoms with Crippen LogP contribution in [0.2, 0.25) is 5.02 Å². The fourth-order valence-electron chi connectivity index (χ4n) is 1.95. The van der Waals surface area contributed by atoms with Crippen LogP contribution in [0.1, 0.15) is 12.5 Å². The van der Waals surface area contributed by atoms with E-state index < -0.39 is 0 Å². The molecule has 0 bridgehead atoms. The molecule has 0 amide bonds. The normalized spacial score (nSPS) is 10.5. The standard InChI is InChI=1S/C15H16ClFN2/c1-2-19(14-7-5-13(17)6-8-14)10-11-3-4-12(16)9-15(11)18/h3-9H,2,10,18H2,1H3. The summed E-state index contributed by atoms with van der Waals surface area (Å²) in [7, 11) is 0. The lowest BCUT2D eigenvalue weighted by molar-refractivity contribution is 0.627. The summed E-state index contributed by atoms with van der Waals surface area (Å²) in [5, 5.41) is 0.631. The SMILES string of the molecule is CCN(Cc1ccc(Cl)cc1N)c1ccc(F)cc1. The van der Waals surface area contributed by atoms with Crippen molar-refractivity contribution in [3.8, 4) is 0 Å². The van der Waals surface area contributed by atoms with Crippen LogP contribution in [0.25, 0.3) is 0 Å². The van der Waals surface area contributed by atoms with E-state index in [-0.39, 0.29) is 5.82 Å². The quantitative estimate of drug-likeness (QED) is 0.854. The summed E-state index contributed by atoms with van der Waals surface area (Å²) in [5.74, 6) is -0.231. The molecular formula is C15H16ClFN2. The van der Waals surface area contributed by atoms with Gasteiger partial charge in [-0.2, -0.15) is 0 Å². The van der Waals surface area contributed by atoms with Crippen LogP contribution in [0.3, 0.4) is 0 Å². The number of halogens is 2. The zero-order chi connectivity index (χ0) is 13.8. The van der Waals surface area contributed by atoms with E-state index in [1.807, 2.05) is 12.1 Å². The van der Waals surface area contributed by atoms with Crippen molar-refractivity contribution in [1.82, 2.24) is 0 Å². The average molecular weight is 279 g/mol. The summed E-state index contributed by atoms with van der Waals surface area (Å²) >= 11 is 5.89. The van der Waals surface area contributed by atoms with E-state index in [1.165, 1.54) is 12.1 Å². The molecule has 2 aromatic rings. The average Bonchev–Trinajstić information content (AvgIpc) is 2.39. The summed E-state index contributed by atoms with van der Waals surface area (Å²) in [6.45, 7) is 3.54. The molecule has 2 rings (SSSR count). The zero-order valence-electron chi connectivity index (χ0n) is 10.7. The number of hydrogen-bond acceptors (Lipinski definition) is 2. The second-order valence-electron chi connectivity index (χ2n) is 4.33. The highest BCUT2D eigenvalue weighted by atomic mass is 35.5. The first kappa shape index (κ1) is 13.7. The zero-order valence-corrected chi connectivity index (χ0v) is 11.5. The molecule has 2 N–H and O–H groups in total. The first-order valence-corrected chi connectivity index (χ1v) is 6.52. The van der Waals surface area contributed by atoms with Crippen molar-refractivity contribution < 1.29 is 4.39 Å². The van der Waals surface area contributed by atoms with Crippen LogP contribution in [0.15, 0.2) is 42.5 Å². The molecular weight excluding hydrogens is 263 g/mol. The van der Waals surface area contributed by atoms with Gasteiger partial charge in [0.05, 0.1) is 0 Å². The van der Waals surface area contributed by atoms with Crippen LogP contribution in [-0.2, 0) is 6.54 Å². The van der Waals surface area contributed by atoms with Gasteiger partial charge < -0.3 is 10.6 Å². The number of benzene rings is 2. The van der Waals surface area contributed by atoms with Gasteiger partial charge >= 0.3 is 0 Å². The van der Waals surface area contributed by atoms with Gasteiger partial charge in [-0.05, 0) is 48.9 Å². The van der Waals surface area contributed by atoms with Gasteiger partial charge in [0, 0.05) is 29.5 Å². The molecule has 0 radical (unpaired) electrons. The number of nitrogens with zero attached hydrogens (tertiary/aromatic N) is 1. The number of hydrogen-bond donors (Lipinski definition) is 1. The van der Waals surface area contributed by atoms with Crippen molar-refractivity contribution in [3.05, 3.63) is 58.9 Å². The van der Waals surface area contributed by atoms with E-state index >= 15 is 0 Å². The summed E-state index contributed by atoms with van der Waals surface area (Å²) < 4.78 is 12.9. The smallest absolute Gasteiger partial charge is 0.123 e. The molecule has 0 heterocycles. The van der Waals surface area contributed by atoms with Crippen molar-refractivity contribution in [1.29, 1.82) is 0 Å². The predicted octanol–water partition coefficient (Wildman–Crippen LogP) is 4.09. The summed E-state index contributed by atoms with van der Waals surface area (Å²) in [6, 6.07) is 12.0. The minimum atomic E-state index is -0.231. The fourth-order valence-corrected chi connectivity index (χ4v) is 2.13. The van der Waals surface area contributed by atoms with Crippen molar-refractivity contribution in [2.24, 2.45) is 0 Å². The van der Waals surface area contributed by atoms with Crippen LogP contribution >= 0.6 is 11.6 Å². The Morgan fingerprint density at radius 3 is 2.42 bits per heavy atom. The lowest BCUT2D eigenvalue weighted by Crippen LogP contribution is -2.22. The van der Waals surface area contributed by atoms with E-state index in [1.54, 1.807) is 18.2 Å². The Bertz CT molecular complexity index is 555. The monoisotopic (exact) mass is 278 g/mol. The minimum absolute atomic E-state index is 0.231. The molecule has 2 aromatic carbocycles. The highest BCUT2D eigenvalue weighted by Gasteiger charge is 2.08. The Kier molecular flexibility index (Phi) is 4.27. The number of rotatable bonds is 4. The topological polar surface area (TPSA) is 29.3 Å². The van der Waals surface area contributed by atoms with Gasteiger partial charge in [-0.1, -0.05) is 17.7 Å². The van der Waals surface area contributed by atoms with Crippen molar-refractivity contribution >= 4 is 23.0 Å². The molecule has 0 atom stereocenters. The van der Waals surface area contributed by atoms with Gasteiger partial charge in [0.15, 0.2) is 0 Å². The Balaban J connectivity index is 2.21. The maximum Gasteiger partial charge on any atom is 0.123 e. The molecule has 0 unspecified atom stereocenters. The fraction of sp³-hybridized carbons (Fsp3) is 0.200. The van der Waals surface area contributed by atoms with E-state index in [4.69, 9.17) is 17.3 Å². The molecule has 0 aromatic heterocycles. The van der Waals surface area contributed by atoms with Gasteiger partial charge in [-0.15, -0.1) is 0 Å². The van der Waals surface area contributed by atoms with Crippen molar-refractivity contribution in [3.63, 3.8) is 0 Å². The molecule has 0 aliphatic carbocycles. The Labute approximate surface area is 117 Å². The first-order chi connectivity index (χ1) is 9.10. The third kappa shape index (κ3) is 3.38. The van der Waals surface area contributed by atoms with Gasteiger partial charge in [0.25, 0.3) is 0 Å². The second kappa shape index (κ2) is 5.93. The highest BCUT2D eigenvalue weighted by molar-refractivity contribution is 6.30. The van der Waals surface area contributed by atoms with Crippen LogP contribution < -0.4 is 10.6 Å². The molecule has 100 valence electrons. The lowest BCUT2D eigenvalue weighted by atomic mass is 10.1. The predicted molar refractivity (Wildman–Crippen MR) is 79.0 cm³/mol. The molecule has 0 aliphatic heterocycles. The Morgan fingerprint density at radius 1 is 1.16 bits per heavy atom. The highest BCUT2D eigenvalue weighted by Crippen LogP contribution is 2.23. The molecule has 0 spiro atoms. The summed E-state index contributed by atoms with van der Waals surface area (Å²) in [4.78, 5) is 2.12. The molecule has 2 nitrogen and oxygen atoms in total. The third-order valence-electron chi connectivity index (χ3n) is 3.04. The van der Waals surface area contributed by atoms with Crippen molar-refractivity contribution in [2.75, 3.05) is 17.2 Å². The number of anilines is 2. The molecule has 0 fully saturated rings. The molecule has 0 saturated carbocycles. The van der Waals surface area contributed by atoms with Crippen LogP contribution in [0.5, 0.6) is 0 Å². The van der Waals surface area contributed by atoms with E-state index in [0.717, 1.165) is 17.8 Å². The number of nitrogens with two attached hydrogens (primary N) is 1. The minimum Gasteiger partial charge on any atom is -0.398 e. The van der Waals surface area contributed by atoms with Gasteiger partial charge in [0.2, 0.25) is 0 Å². The van der Waals surface area contributed by atoms with E-state index in [0.29, 0.717) is 17.3 Å². The summed E-state index contributed by atoms with van der Waals surface area (Å²) in [6.07, 6.45) is 0. The summed E-state index contributed by atoms with van der Waals surface area (Å²) in [5.41, 5.74) is 8.61. The molecule has 0 saturated heterocycles. The van der Waals surface area contributed by atoms with Crippen LogP contribution in [0.4, 0.5) is 15.8 Å². The van der Waals surface area contributed by atoms with Crippen LogP contribution in [0, 0.1) is 5.82 Å². The molecule has 4 heteroatoms. The lowest BCUT2D eigenvalue weighted by Gasteiger charge is -2.24. The largest absolute Gasteiger partial charge is 0.398 e. The maximum atomic E-state index is 12.9.